The molecule has 0 unspecified atom stereocenters. The van der Waals surface area contributed by atoms with Crippen molar-refractivity contribution in [3.8, 4) is 5.75 Å². The number of carbonyl (C=O) groups excluding carboxylic acids is 2. The van der Waals surface area contributed by atoms with E-state index in [0.29, 0.717) is 18.8 Å². The molecule has 2 amide bonds. The summed E-state index contributed by atoms with van der Waals surface area (Å²) in [6.07, 6.45) is 0. The molecule has 6 heteroatoms. The summed E-state index contributed by atoms with van der Waals surface area (Å²) >= 11 is 0. The van der Waals surface area contributed by atoms with Gasteiger partial charge in [-0.05, 0) is 19.2 Å². The molecule has 102 valence electrons. The van der Waals surface area contributed by atoms with Gasteiger partial charge in [-0.15, -0.1) is 0 Å². The molecule has 1 heterocycles. The Morgan fingerprint density at radius 3 is 2.53 bits per heavy atom. The normalized spacial score (nSPS) is 16.2. The highest BCUT2D eigenvalue weighted by atomic mass is 16.3. The molecular weight excluding hydrogens is 246 g/mol. The third kappa shape index (κ3) is 3.45. The number of piperazine rings is 1. The zero-order valence-corrected chi connectivity index (χ0v) is 10.8. The summed E-state index contributed by atoms with van der Waals surface area (Å²) in [5.41, 5.74) is 0.410. The van der Waals surface area contributed by atoms with E-state index in [0.717, 1.165) is 13.1 Å². The highest BCUT2D eigenvalue weighted by molar-refractivity contribution is 6.39. The minimum absolute atomic E-state index is 0.0462. The average molecular weight is 263 g/mol. The minimum Gasteiger partial charge on any atom is -0.508 e. The molecule has 19 heavy (non-hydrogen) atoms. The summed E-state index contributed by atoms with van der Waals surface area (Å²) < 4.78 is 0. The second kappa shape index (κ2) is 5.71. The van der Waals surface area contributed by atoms with Crippen molar-refractivity contribution < 1.29 is 14.7 Å². The number of hydrogen-bond acceptors (Lipinski definition) is 4. The first kappa shape index (κ1) is 13.4. The van der Waals surface area contributed by atoms with Crippen LogP contribution in [0.15, 0.2) is 24.3 Å². The van der Waals surface area contributed by atoms with Crippen LogP contribution in [0.3, 0.4) is 0 Å². The molecule has 0 spiro atoms. The molecule has 1 aliphatic heterocycles. The van der Waals surface area contributed by atoms with Crippen LogP contribution in [0.25, 0.3) is 0 Å². The number of aromatic hydroxyl groups is 1. The summed E-state index contributed by atoms with van der Waals surface area (Å²) in [6, 6.07) is 6.12. The molecule has 1 aromatic carbocycles. The number of hydrogen-bond donors (Lipinski definition) is 2. The first-order valence-electron chi connectivity index (χ1n) is 6.14. The fraction of sp³-hybridized carbons (Fsp3) is 0.385. The molecule has 0 saturated carbocycles. The van der Waals surface area contributed by atoms with Crippen LogP contribution in [-0.2, 0) is 9.59 Å². The number of anilines is 1. The van der Waals surface area contributed by atoms with Crippen molar-refractivity contribution in [2.45, 2.75) is 0 Å². The second-order valence-corrected chi connectivity index (χ2v) is 4.60. The van der Waals surface area contributed by atoms with Gasteiger partial charge in [0, 0.05) is 37.9 Å². The van der Waals surface area contributed by atoms with Crippen molar-refractivity contribution in [1.29, 1.82) is 0 Å². The van der Waals surface area contributed by atoms with Crippen LogP contribution in [0.5, 0.6) is 5.75 Å². The molecule has 1 fully saturated rings. The molecule has 1 aromatic rings. The number of rotatable bonds is 1. The van der Waals surface area contributed by atoms with Gasteiger partial charge in [0.2, 0.25) is 0 Å². The predicted molar refractivity (Wildman–Crippen MR) is 70.8 cm³/mol. The first-order chi connectivity index (χ1) is 9.06. The Labute approximate surface area is 111 Å². The molecular formula is C13H17N3O3. The van der Waals surface area contributed by atoms with E-state index in [2.05, 4.69) is 10.2 Å². The number of likely N-dealkylation sites (N-methyl/N-ethyl adjacent to an activating group) is 1. The maximum absolute atomic E-state index is 11.9. The number of phenols is 1. The summed E-state index contributed by atoms with van der Waals surface area (Å²) in [5.74, 6) is -1.16. The molecule has 0 atom stereocenters. The van der Waals surface area contributed by atoms with E-state index in [4.69, 9.17) is 0 Å². The molecule has 0 radical (unpaired) electrons. The third-order valence-electron chi connectivity index (χ3n) is 3.09. The van der Waals surface area contributed by atoms with E-state index in [-0.39, 0.29) is 5.75 Å². The highest BCUT2D eigenvalue weighted by Gasteiger charge is 2.24. The summed E-state index contributed by atoms with van der Waals surface area (Å²) in [7, 11) is 1.98. The van der Waals surface area contributed by atoms with Crippen LogP contribution in [-0.4, -0.2) is 59.9 Å². The number of nitrogens with one attached hydrogen (secondary N) is 1. The fourth-order valence-corrected chi connectivity index (χ4v) is 1.92. The number of nitrogens with zero attached hydrogens (tertiary/aromatic N) is 2. The summed E-state index contributed by atoms with van der Waals surface area (Å²) in [4.78, 5) is 27.4. The molecule has 1 aliphatic rings. The van der Waals surface area contributed by atoms with E-state index in [1.54, 1.807) is 12.1 Å². The number of benzene rings is 1. The van der Waals surface area contributed by atoms with Gasteiger partial charge >= 0.3 is 11.8 Å². The van der Waals surface area contributed by atoms with Crippen LogP contribution in [0.4, 0.5) is 5.69 Å². The Hall–Kier alpha value is -2.08. The van der Waals surface area contributed by atoms with Gasteiger partial charge in [0.15, 0.2) is 0 Å². The van der Waals surface area contributed by atoms with Crippen LogP contribution in [0.2, 0.25) is 0 Å². The van der Waals surface area contributed by atoms with Crippen molar-refractivity contribution in [2.75, 3.05) is 38.5 Å². The quantitative estimate of drug-likeness (QED) is 0.705. The SMILES string of the molecule is CN1CCN(C(=O)C(=O)Nc2cccc(O)c2)CC1. The van der Waals surface area contributed by atoms with E-state index >= 15 is 0 Å². The first-order valence-corrected chi connectivity index (χ1v) is 6.14. The largest absolute Gasteiger partial charge is 0.508 e. The Morgan fingerprint density at radius 2 is 1.89 bits per heavy atom. The summed E-state index contributed by atoms with van der Waals surface area (Å²) in [6.45, 7) is 2.65. The van der Waals surface area contributed by atoms with Crippen LogP contribution >= 0.6 is 0 Å². The Balaban J connectivity index is 1.94. The van der Waals surface area contributed by atoms with Gasteiger partial charge in [-0.1, -0.05) is 6.07 Å². The lowest BCUT2D eigenvalue weighted by molar-refractivity contribution is -0.144. The van der Waals surface area contributed by atoms with Gasteiger partial charge in [0.05, 0.1) is 0 Å². The molecule has 2 rings (SSSR count). The Kier molecular flexibility index (Phi) is 4.01. The lowest BCUT2D eigenvalue weighted by Crippen LogP contribution is -2.50. The van der Waals surface area contributed by atoms with Gasteiger partial charge in [-0.25, -0.2) is 0 Å². The Bertz CT molecular complexity index is 482. The third-order valence-corrected chi connectivity index (χ3v) is 3.09. The molecule has 2 N–H and O–H groups in total. The zero-order valence-electron chi connectivity index (χ0n) is 10.8. The molecule has 0 aliphatic carbocycles. The van der Waals surface area contributed by atoms with Crippen molar-refractivity contribution >= 4 is 17.5 Å². The lowest BCUT2D eigenvalue weighted by Gasteiger charge is -2.31. The molecule has 6 nitrogen and oxygen atoms in total. The van der Waals surface area contributed by atoms with Gasteiger partial charge in [-0.2, -0.15) is 0 Å². The highest BCUT2D eigenvalue weighted by Crippen LogP contribution is 2.15. The van der Waals surface area contributed by atoms with Crippen molar-refractivity contribution in [1.82, 2.24) is 9.80 Å². The topological polar surface area (TPSA) is 72.9 Å². The van der Waals surface area contributed by atoms with E-state index in [9.17, 15) is 14.7 Å². The fourth-order valence-electron chi connectivity index (χ4n) is 1.92. The van der Waals surface area contributed by atoms with Crippen molar-refractivity contribution in [2.24, 2.45) is 0 Å². The smallest absolute Gasteiger partial charge is 0.313 e. The summed E-state index contributed by atoms with van der Waals surface area (Å²) in [5, 5.41) is 11.8. The van der Waals surface area contributed by atoms with E-state index in [1.165, 1.54) is 17.0 Å². The maximum atomic E-state index is 11.9. The number of amides is 2. The monoisotopic (exact) mass is 263 g/mol. The number of carbonyl (C=O) groups is 2. The van der Waals surface area contributed by atoms with Gasteiger partial charge < -0.3 is 20.2 Å². The van der Waals surface area contributed by atoms with E-state index in [1.807, 2.05) is 7.05 Å². The second-order valence-electron chi connectivity index (χ2n) is 4.60. The van der Waals surface area contributed by atoms with Crippen molar-refractivity contribution in [3.63, 3.8) is 0 Å². The van der Waals surface area contributed by atoms with Gasteiger partial charge in [0.1, 0.15) is 5.75 Å². The van der Waals surface area contributed by atoms with Gasteiger partial charge in [0.25, 0.3) is 0 Å². The minimum atomic E-state index is -0.671. The lowest BCUT2D eigenvalue weighted by atomic mass is 10.3. The van der Waals surface area contributed by atoms with Crippen LogP contribution < -0.4 is 5.32 Å². The van der Waals surface area contributed by atoms with Crippen LogP contribution in [0.1, 0.15) is 0 Å². The molecule has 1 saturated heterocycles. The Morgan fingerprint density at radius 1 is 1.21 bits per heavy atom. The average Bonchev–Trinajstić information content (AvgIpc) is 2.39. The van der Waals surface area contributed by atoms with Crippen LogP contribution in [0, 0.1) is 0 Å². The number of phenolic OH excluding ortho intramolecular Hbond substituents is 1. The maximum Gasteiger partial charge on any atom is 0.313 e. The predicted octanol–water partition coefficient (Wildman–Crippen LogP) is 0.105. The standard InChI is InChI=1S/C13H17N3O3/c1-15-5-7-16(8-6-15)13(19)12(18)14-10-3-2-4-11(17)9-10/h2-4,9,17H,5-8H2,1H3,(H,14,18). The zero-order chi connectivity index (χ0) is 13.8. The molecule has 0 aromatic heterocycles. The van der Waals surface area contributed by atoms with Gasteiger partial charge in [-0.3, -0.25) is 9.59 Å². The van der Waals surface area contributed by atoms with E-state index < -0.39 is 11.8 Å². The molecule has 0 bridgehead atoms. The van der Waals surface area contributed by atoms with Crippen molar-refractivity contribution in [3.05, 3.63) is 24.3 Å².